The summed E-state index contributed by atoms with van der Waals surface area (Å²) < 4.78 is 5.84. The van der Waals surface area contributed by atoms with Crippen LogP contribution in [0.2, 0.25) is 0 Å². The van der Waals surface area contributed by atoms with E-state index in [1.165, 1.54) is 6.07 Å². The third-order valence-corrected chi connectivity index (χ3v) is 3.18. The molecule has 0 fully saturated rings. The van der Waals surface area contributed by atoms with E-state index in [9.17, 15) is 10.1 Å². The van der Waals surface area contributed by atoms with Crippen molar-refractivity contribution in [3.05, 3.63) is 56.7 Å². The predicted octanol–water partition coefficient (Wildman–Crippen LogP) is 2.91. The van der Waals surface area contributed by atoms with Crippen molar-refractivity contribution in [1.82, 2.24) is 4.98 Å². The number of rotatable bonds is 4. The van der Waals surface area contributed by atoms with E-state index in [2.05, 4.69) is 20.9 Å². The number of nitro groups is 1. The molecule has 0 spiro atoms. The Labute approximate surface area is 117 Å². The van der Waals surface area contributed by atoms with E-state index in [0.717, 1.165) is 5.56 Å². The van der Waals surface area contributed by atoms with E-state index >= 15 is 0 Å². The highest BCUT2D eigenvalue weighted by molar-refractivity contribution is 9.10. The van der Waals surface area contributed by atoms with Gasteiger partial charge in [-0.05, 0) is 28.1 Å². The minimum absolute atomic E-state index is 0.0343. The summed E-state index contributed by atoms with van der Waals surface area (Å²) in [5.74, 6) is 0.839. The molecule has 0 radical (unpaired) electrons. The maximum absolute atomic E-state index is 10.8. The number of nitrogens with zero attached hydrogens (tertiary/aromatic N) is 2. The summed E-state index contributed by atoms with van der Waals surface area (Å²) in [4.78, 5) is 14.2. The lowest BCUT2D eigenvalue weighted by Crippen LogP contribution is -1.99. The van der Waals surface area contributed by atoms with Crippen molar-refractivity contribution < 1.29 is 9.66 Å². The lowest BCUT2D eigenvalue weighted by molar-refractivity contribution is -0.385. The molecule has 2 aromatic rings. The second-order valence-corrected chi connectivity index (χ2v) is 4.52. The first-order valence-electron chi connectivity index (χ1n) is 5.34. The molecular formula is C12H10BrN3O3. The Morgan fingerprint density at radius 2 is 2.16 bits per heavy atom. The number of nitrogens with two attached hydrogens (primary N) is 1. The molecule has 19 heavy (non-hydrogen) atoms. The summed E-state index contributed by atoms with van der Waals surface area (Å²) in [5.41, 5.74) is 6.27. The van der Waals surface area contributed by atoms with Crippen LogP contribution in [0.1, 0.15) is 5.56 Å². The van der Waals surface area contributed by atoms with Crippen LogP contribution in [0.4, 0.5) is 11.5 Å². The number of benzene rings is 1. The van der Waals surface area contributed by atoms with Crippen molar-refractivity contribution >= 4 is 27.4 Å². The highest BCUT2D eigenvalue weighted by Crippen LogP contribution is 2.34. The van der Waals surface area contributed by atoms with Gasteiger partial charge in [0.05, 0.1) is 4.92 Å². The fraction of sp³-hybridized carbons (Fsp3) is 0.0833. The molecule has 0 bridgehead atoms. The van der Waals surface area contributed by atoms with Crippen LogP contribution in [-0.4, -0.2) is 9.91 Å². The molecule has 0 aliphatic carbocycles. The Kier molecular flexibility index (Phi) is 3.96. The van der Waals surface area contributed by atoms with Crippen LogP contribution in [0, 0.1) is 10.1 Å². The number of anilines is 1. The molecule has 0 atom stereocenters. The summed E-state index contributed by atoms with van der Waals surface area (Å²) in [5, 5.41) is 10.8. The van der Waals surface area contributed by atoms with E-state index < -0.39 is 4.92 Å². The minimum Gasteiger partial charge on any atom is -0.487 e. The number of nitro benzene ring substituents is 1. The molecule has 0 aliphatic heterocycles. The van der Waals surface area contributed by atoms with Gasteiger partial charge in [-0.25, -0.2) is 4.98 Å². The third kappa shape index (κ3) is 3.19. The molecule has 1 heterocycles. The van der Waals surface area contributed by atoms with Gasteiger partial charge in [-0.15, -0.1) is 0 Å². The summed E-state index contributed by atoms with van der Waals surface area (Å²) in [7, 11) is 0. The van der Waals surface area contributed by atoms with Crippen molar-refractivity contribution in [2.45, 2.75) is 6.61 Å². The number of aromatic nitrogens is 1. The Hall–Kier alpha value is -2.15. The van der Waals surface area contributed by atoms with E-state index in [4.69, 9.17) is 10.5 Å². The number of nitrogen functional groups attached to an aromatic ring is 1. The molecule has 6 nitrogen and oxygen atoms in total. The maximum atomic E-state index is 10.8. The number of pyridine rings is 1. The molecule has 0 amide bonds. The van der Waals surface area contributed by atoms with Crippen LogP contribution in [0.5, 0.6) is 5.75 Å². The SMILES string of the molecule is Nc1ccc(COc2cccc([N+](=O)[O-])c2Br)cn1. The topological polar surface area (TPSA) is 91.3 Å². The van der Waals surface area contributed by atoms with Crippen LogP contribution in [0.25, 0.3) is 0 Å². The smallest absolute Gasteiger partial charge is 0.287 e. The molecule has 0 saturated heterocycles. The van der Waals surface area contributed by atoms with Crippen molar-refractivity contribution in [2.75, 3.05) is 5.73 Å². The first-order valence-corrected chi connectivity index (χ1v) is 6.13. The van der Waals surface area contributed by atoms with Gasteiger partial charge >= 0.3 is 0 Å². The lowest BCUT2D eigenvalue weighted by Gasteiger charge is -2.08. The van der Waals surface area contributed by atoms with E-state index in [-0.39, 0.29) is 12.3 Å². The summed E-state index contributed by atoms with van der Waals surface area (Å²) in [6.07, 6.45) is 1.60. The van der Waals surface area contributed by atoms with Gasteiger partial charge in [-0.3, -0.25) is 10.1 Å². The van der Waals surface area contributed by atoms with E-state index in [1.807, 2.05) is 0 Å². The van der Waals surface area contributed by atoms with Gasteiger partial charge in [0.1, 0.15) is 22.6 Å². The van der Waals surface area contributed by atoms with Crippen molar-refractivity contribution in [3.8, 4) is 5.75 Å². The van der Waals surface area contributed by atoms with E-state index in [1.54, 1.807) is 30.5 Å². The Balaban J connectivity index is 2.13. The first kappa shape index (κ1) is 13.3. The van der Waals surface area contributed by atoms with Gasteiger partial charge in [0, 0.05) is 17.8 Å². The second kappa shape index (κ2) is 5.66. The average molecular weight is 324 g/mol. The van der Waals surface area contributed by atoms with Gasteiger partial charge in [0.2, 0.25) is 0 Å². The second-order valence-electron chi connectivity index (χ2n) is 3.73. The van der Waals surface area contributed by atoms with Gasteiger partial charge in [0.15, 0.2) is 0 Å². The van der Waals surface area contributed by atoms with Crippen molar-refractivity contribution in [3.63, 3.8) is 0 Å². The van der Waals surface area contributed by atoms with Crippen LogP contribution < -0.4 is 10.5 Å². The Bertz CT molecular complexity index is 602. The van der Waals surface area contributed by atoms with Crippen LogP contribution in [-0.2, 0) is 6.61 Å². The highest BCUT2D eigenvalue weighted by atomic mass is 79.9. The molecule has 2 rings (SSSR count). The van der Waals surface area contributed by atoms with Gasteiger partial charge in [-0.2, -0.15) is 0 Å². The van der Waals surface area contributed by atoms with Gasteiger partial charge in [-0.1, -0.05) is 12.1 Å². The van der Waals surface area contributed by atoms with Crippen molar-refractivity contribution in [1.29, 1.82) is 0 Å². The molecule has 0 unspecified atom stereocenters. The lowest BCUT2D eigenvalue weighted by atomic mass is 10.3. The molecule has 0 aliphatic rings. The fourth-order valence-corrected chi connectivity index (χ4v) is 1.96. The normalized spacial score (nSPS) is 10.2. The van der Waals surface area contributed by atoms with Crippen molar-refractivity contribution in [2.24, 2.45) is 0 Å². The zero-order valence-electron chi connectivity index (χ0n) is 9.75. The number of halogens is 1. The highest BCUT2D eigenvalue weighted by Gasteiger charge is 2.15. The maximum Gasteiger partial charge on any atom is 0.287 e. The number of hydrogen-bond donors (Lipinski definition) is 1. The number of ether oxygens (including phenoxy) is 1. The number of hydrogen-bond acceptors (Lipinski definition) is 5. The van der Waals surface area contributed by atoms with Crippen LogP contribution >= 0.6 is 15.9 Å². The van der Waals surface area contributed by atoms with E-state index in [0.29, 0.717) is 16.0 Å². The zero-order valence-corrected chi connectivity index (χ0v) is 11.3. The Morgan fingerprint density at radius 1 is 1.37 bits per heavy atom. The standard InChI is InChI=1S/C12H10BrN3O3/c13-12-9(16(17)18)2-1-3-10(12)19-7-8-4-5-11(14)15-6-8/h1-6H,7H2,(H2,14,15). The largest absolute Gasteiger partial charge is 0.487 e. The summed E-state index contributed by atoms with van der Waals surface area (Å²) in [6, 6.07) is 8.08. The summed E-state index contributed by atoms with van der Waals surface area (Å²) >= 11 is 3.16. The molecular weight excluding hydrogens is 314 g/mol. The zero-order chi connectivity index (χ0) is 13.8. The minimum atomic E-state index is -0.471. The first-order chi connectivity index (χ1) is 9.08. The Morgan fingerprint density at radius 3 is 2.79 bits per heavy atom. The molecule has 1 aromatic heterocycles. The quantitative estimate of drug-likeness (QED) is 0.690. The molecule has 98 valence electrons. The van der Waals surface area contributed by atoms with Gasteiger partial charge < -0.3 is 10.5 Å². The fourth-order valence-electron chi connectivity index (χ4n) is 1.43. The molecule has 0 saturated carbocycles. The van der Waals surface area contributed by atoms with Crippen LogP contribution in [0.3, 0.4) is 0 Å². The molecule has 1 aromatic carbocycles. The molecule has 7 heteroatoms. The molecule has 2 N–H and O–H groups in total. The third-order valence-electron chi connectivity index (χ3n) is 2.38. The monoisotopic (exact) mass is 323 g/mol. The predicted molar refractivity (Wildman–Crippen MR) is 73.8 cm³/mol. The van der Waals surface area contributed by atoms with Crippen LogP contribution in [0.15, 0.2) is 41.0 Å². The summed E-state index contributed by atoms with van der Waals surface area (Å²) in [6.45, 7) is 0.257. The average Bonchev–Trinajstić information content (AvgIpc) is 2.39. The van der Waals surface area contributed by atoms with Gasteiger partial charge in [0.25, 0.3) is 5.69 Å².